The maximum Gasteiger partial charge on any atom is 0.0701 e. The van der Waals surface area contributed by atoms with Crippen molar-refractivity contribution in [1.82, 2.24) is 0 Å². The Morgan fingerprint density at radius 1 is 1.11 bits per heavy atom. The number of hydrogen-bond acceptors (Lipinski definition) is 2. The van der Waals surface area contributed by atoms with Crippen molar-refractivity contribution >= 4 is 28.3 Å². The molecule has 0 aliphatic heterocycles. The summed E-state index contributed by atoms with van der Waals surface area (Å²) in [5.41, 5.74) is 3.16. The number of halogens is 1. The third kappa shape index (κ3) is 3.23. The Bertz CT molecular complexity index is 510. The maximum atomic E-state index is 9.30. The Balaban J connectivity index is 2.15. The van der Waals surface area contributed by atoms with E-state index in [2.05, 4.69) is 59.1 Å². The van der Waals surface area contributed by atoms with Crippen LogP contribution < -0.4 is 5.32 Å². The van der Waals surface area contributed by atoms with Gasteiger partial charge in [0, 0.05) is 20.9 Å². The third-order valence-electron chi connectivity index (χ3n) is 2.93. The van der Waals surface area contributed by atoms with E-state index in [4.69, 9.17) is 0 Å². The van der Waals surface area contributed by atoms with Gasteiger partial charge in [0.2, 0.25) is 0 Å². The van der Waals surface area contributed by atoms with E-state index in [1.54, 1.807) is 0 Å². The number of anilines is 1. The van der Waals surface area contributed by atoms with Gasteiger partial charge in [-0.15, -0.1) is 0 Å². The van der Waals surface area contributed by atoms with Crippen LogP contribution in [0.2, 0.25) is 0 Å². The van der Waals surface area contributed by atoms with Crippen molar-refractivity contribution in [1.29, 1.82) is 0 Å². The maximum absolute atomic E-state index is 9.30. The Kier molecular flexibility index (Phi) is 4.60. The van der Waals surface area contributed by atoms with Crippen LogP contribution in [0.5, 0.6) is 0 Å². The molecular weight excluding hydrogens is 337 g/mol. The molecule has 3 heteroatoms. The number of nitrogens with one attached hydrogen (secondary N) is 1. The molecule has 0 heterocycles. The average molecular weight is 353 g/mol. The molecule has 0 spiro atoms. The zero-order chi connectivity index (χ0) is 13.0. The van der Waals surface area contributed by atoms with E-state index >= 15 is 0 Å². The van der Waals surface area contributed by atoms with Crippen LogP contribution in [-0.4, -0.2) is 5.11 Å². The van der Waals surface area contributed by atoms with E-state index in [1.165, 1.54) is 9.13 Å². The summed E-state index contributed by atoms with van der Waals surface area (Å²) >= 11 is 2.30. The van der Waals surface area contributed by atoms with Crippen LogP contribution in [0.15, 0.2) is 48.5 Å². The van der Waals surface area contributed by atoms with Crippen LogP contribution in [0.25, 0.3) is 0 Å². The molecule has 0 saturated heterocycles. The summed E-state index contributed by atoms with van der Waals surface area (Å²) in [6.07, 6.45) is 0. The van der Waals surface area contributed by atoms with Crippen molar-refractivity contribution in [2.45, 2.75) is 19.6 Å². The first-order valence-corrected chi connectivity index (χ1v) is 6.99. The summed E-state index contributed by atoms with van der Waals surface area (Å²) in [4.78, 5) is 0. The molecule has 1 unspecified atom stereocenters. The van der Waals surface area contributed by atoms with Crippen LogP contribution >= 0.6 is 22.6 Å². The van der Waals surface area contributed by atoms with Gasteiger partial charge >= 0.3 is 0 Å². The number of aliphatic hydroxyl groups is 1. The normalized spacial score (nSPS) is 12.2. The lowest BCUT2D eigenvalue weighted by Gasteiger charge is -2.18. The lowest BCUT2D eigenvalue weighted by Crippen LogP contribution is -2.08. The van der Waals surface area contributed by atoms with Gasteiger partial charge in [0.05, 0.1) is 6.61 Å². The standard InChI is InChI=1S/C15H16INO/c1-11(12-6-8-14(16)9-7-12)17-15-5-3-2-4-13(15)10-18/h2-9,11,17-18H,10H2,1H3. The van der Waals surface area contributed by atoms with Crippen molar-refractivity contribution in [3.05, 3.63) is 63.2 Å². The van der Waals surface area contributed by atoms with Crippen LogP contribution in [0.1, 0.15) is 24.1 Å². The molecule has 2 N–H and O–H groups in total. The molecule has 0 aliphatic carbocycles. The van der Waals surface area contributed by atoms with E-state index in [9.17, 15) is 5.11 Å². The van der Waals surface area contributed by atoms with Crippen molar-refractivity contribution in [2.24, 2.45) is 0 Å². The summed E-state index contributed by atoms with van der Waals surface area (Å²) < 4.78 is 1.24. The fourth-order valence-electron chi connectivity index (χ4n) is 1.87. The van der Waals surface area contributed by atoms with Gasteiger partial charge in [-0.25, -0.2) is 0 Å². The van der Waals surface area contributed by atoms with Gasteiger partial charge < -0.3 is 10.4 Å². The minimum Gasteiger partial charge on any atom is -0.392 e. The van der Waals surface area contributed by atoms with E-state index < -0.39 is 0 Å². The Labute approximate surface area is 121 Å². The molecule has 0 amide bonds. The fraction of sp³-hybridized carbons (Fsp3) is 0.200. The quantitative estimate of drug-likeness (QED) is 0.816. The smallest absolute Gasteiger partial charge is 0.0701 e. The largest absolute Gasteiger partial charge is 0.392 e. The zero-order valence-electron chi connectivity index (χ0n) is 10.2. The van der Waals surface area contributed by atoms with Crippen molar-refractivity contribution in [3.8, 4) is 0 Å². The first kappa shape index (κ1) is 13.4. The van der Waals surface area contributed by atoms with E-state index in [0.29, 0.717) is 0 Å². The van der Waals surface area contributed by atoms with Gasteiger partial charge in [-0.2, -0.15) is 0 Å². The minimum atomic E-state index is 0.0581. The van der Waals surface area contributed by atoms with Crippen molar-refractivity contribution in [3.63, 3.8) is 0 Å². The molecule has 0 fully saturated rings. The predicted molar refractivity (Wildman–Crippen MR) is 83.6 cm³/mol. The molecule has 0 saturated carbocycles. The molecule has 2 rings (SSSR count). The highest BCUT2D eigenvalue weighted by Crippen LogP contribution is 2.22. The first-order valence-electron chi connectivity index (χ1n) is 5.91. The summed E-state index contributed by atoms with van der Waals surface area (Å²) in [5.74, 6) is 0. The number of para-hydroxylation sites is 1. The van der Waals surface area contributed by atoms with Gasteiger partial charge in [-0.1, -0.05) is 30.3 Å². The molecule has 2 aromatic rings. The molecule has 0 radical (unpaired) electrons. The number of hydrogen-bond donors (Lipinski definition) is 2. The monoisotopic (exact) mass is 353 g/mol. The van der Waals surface area contributed by atoms with Crippen molar-refractivity contribution in [2.75, 3.05) is 5.32 Å². The highest BCUT2D eigenvalue weighted by atomic mass is 127. The number of benzene rings is 2. The van der Waals surface area contributed by atoms with Crippen LogP contribution in [0.3, 0.4) is 0 Å². The third-order valence-corrected chi connectivity index (χ3v) is 3.65. The molecule has 0 bridgehead atoms. The van der Waals surface area contributed by atoms with Gasteiger partial charge in [-0.05, 0) is 53.3 Å². The van der Waals surface area contributed by atoms with Gasteiger partial charge in [0.15, 0.2) is 0 Å². The second-order valence-corrected chi connectivity index (χ2v) is 5.48. The lowest BCUT2D eigenvalue weighted by molar-refractivity contribution is 0.282. The zero-order valence-corrected chi connectivity index (χ0v) is 12.4. The molecular formula is C15H16INO. The first-order chi connectivity index (χ1) is 8.70. The molecule has 2 nitrogen and oxygen atoms in total. The summed E-state index contributed by atoms with van der Waals surface area (Å²) in [5, 5.41) is 12.7. The summed E-state index contributed by atoms with van der Waals surface area (Å²) in [6.45, 7) is 2.18. The minimum absolute atomic E-state index is 0.0581. The van der Waals surface area contributed by atoms with Crippen LogP contribution in [0.4, 0.5) is 5.69 Å². The molecule has 2 aromatic carbocycles. The molecule has 0 aliphatic rings. The summed E-state index contributed by atoms with van der Waals surface area (Å²) in [6, 6.07) is 16.5. The molecule has 18 heavy (non-hydrogen) atoms. The Hall–Kier alpha value is -1.07. The predicted octanol–water partition coefficient (Wildman–Crippen LogP) is 3.96. The lowest BCUT2D eigenvalue weighted by atomic mass is 10.1. The fourth-order valence-corrected chi connectivity index (χ4v) is 2.23. The number of rotatable bonds is 4. The molecule has 0 aromatic heterocycles. The van der Waals surface area contributed by atoms with Crippen LogP contribution in [-0.2, 0) is 6.61 Å². The second-order valence-electron chi connectivity index (χ2n) is 4.23. The SMILES string of the molecule is CC(Nc1ccccc1CO)c1ccc(I)cc1. The Morgan fingerprint density at radius 2 is 1.78 bits per heavy atom. The van der Waals surface area contributed by atoms with Gasteiger partial charge in [0.1, 0.15) is 0 Å². The summed E-state index contributed by atoms with van der Waals surface area (Å²) in [7, 11) is 0. The van der Waals surface area contributed by atoms with Gasteiger partial charge in [0.25, 0.3) is 0 Å². The molecule has 1 atom stereocenters. The van der Waals surface area contributed by atoms with Crippen molar-refractivity contribution < 1.29 is 5.11 Å². The van der Waals surface area contributed by atoms with E-state index in [1.807, 2.05) is 24.3 Å². The van der Waals surface area contributed by atoms with E-state index in [-0.39, 0.29) is 12.6 Å². The van der Waals surface area contributed by atoms with Crippen LogP contribution in [0, 0.1) is 3.57 Å². The highest BCUT2D eigenvalue weighted by molar-refractivity contribution is 14.1. The average Bonchev–Trinajstić information content (AvgIpc) is 2.40. The Morgan fingerprint density at radius 3 is 2.44 bits per heavy atom. The highest BCUT2D eigenvalue weighted by Gasteiger charge is 2.07. The van der Waals surface area contributed by atoms with Gasteiger partial charge in [-0.3, -0.25) is 0 Å². The number of aliphatic hydroxyl groups excluding tert-OH is 1. The second kappa shape index (κ2) is 6.20. The topological polar surface area (TPSA) is 32.3 Å². The molecule has 94 valence electrons. The van der Waals surface area contributed by atoms with E-state index in [0.717, 1.165) is 11.3 Å².